The zero-order valence-corrected chi connectivity index (χ0v) is 19.4. The molecule has 2 bridgehead atoms. The van der Waals surface area contributed by atoms with E-state index in [0.29, 0.717) is 16.7 Å². The third-order valence-electron chi connectivity index (χ3n) is 8.77. The van der Waals surface area contributed by atoms with E-state index >= 15 is 0 Å². The minimum Gasteiger partial charge on any atom is -0.264 e. The zero-order chi connectivity index (χ0) is 21.4. The predicted molar refractivity (Wildman–Crippen MR) is 128 cm³/mol. The van der Waals surface area contributed by atoms with Gasteiger partial charge in [-0.1, -0.05) is 70.7 Å². The molecule has 0 amide bonds. The first kappa shape index (κ1) is 21.8. The molecule has 0 saturated heterocycles. The summed E-state index contributed by atoms with van der Waals surface area (Å²) in [6, 6.07) is 7.20. The molecule has 5 atom stereocenters. The van der Waals surface area contributed by atoms with Crippen LogP contribution >= 0.6 is 0 Å². The molecule has 1 aromatic carbocycles. The molecule has 3 aliphatic rings. The van der Waals surface area contributed by atoms with Gasteiger partial charge >= 0.3 is 0 Å². The van der Waals surface area contributed by atoms with Gasteiger partial charge in [0.05, 0.1) is 0 Å². The summed E-state index contributed by atoms with van der Waals surface area (Å²) in [5.41, 5.74) is 7.87. The third kappa shape index (κ3) is 3.69. The molecule has 0 heterocycles. The summed E-state index contributed by atoms with van der Waals surface area (Å²) >= 11 is 0. The summed E-state index contributed by atoms with van der Waals surface area (Å²) in [6.07, 6.45) is 10.1. The van der Waals surface area contributed by atoms with Crippen LogP contribution in [0.15, 0.2) is 59.8 Å². The Labute approximate surface area is 178 Å². The summed E-state index contributed by atoms with van der Waals surface area (Å²) in [7, 11) is 0. The average Bonchev–Trinajstić information content (AvgIpc) is 2.71. The number of aryl methyl sites for hydroxylation is 1. The first-order valence-corrected chi connectivity index (χ1v) is 11.2. The average molecular weight is 390 g/mol. The van der Waals surface area contributed by atoms with E-state index in [2.05, 4.69) is 77.9 Å². The molecule has 0 N–H and O–H groups in total. The van der Waals surface area contributed by atoms with Crippen LogP contribution in [-0.4, -0.2) is 6.21 Å². The van der Waals surface area contributed by atoms with Crippen LogP contribution in [0.25, 0.3) is 0 Å². The molecule has 0 spiro atoms. The highest BCUT2D eigenvalue weighted by atomic mass is 14.8. The van der Waals surface area contributed by atoms with Crippen molar-refractivity contribution in [2.24, 2.45) is 27.7 Å². The van der Waals surface area contributed by atoms with Gasteiger partial charge in [-0.05, 0) is 90.4 Å². The number of allylic oxidation sites excluding steroid dienone is 3. The Kier molecular flexibility index (Phi) is 6.08. The summed E-state index contributed by atoms with van der Waals surface area (Å²) in [4.78, 5) is 4.21. The van der Waals surface area contributed by atoms with Crippen molar-refractivity contribution in [1.29, 1.82) is 0 Å². The van der Waals surface area contributed by atoms with Crippen LogP contribution in [0.3, 0.4) is 0 Å². The molecule has 0 radical (unpaired) electrons. The standard InChI is InChI=1S/C28H39N/c1-9-14-29-18-22(5)19(2)10-11-20(3)24-12-13-25(21(4)15-24)16-28(8)26-17-27(28,7)23(26)6/h9,12-15,18,20,23,26H,1-2,10-11,16-17H2,3-8H3/b22-18+,29-14-. The first-order chi connectivity index (χ1) is 13.6. The predicted octanol–water partition coefficient (Wildman–Crippen LogP) is 7.82. The summed E-state index contributed by atoms with van der Waals surface area (Å²) < 4.78 is 0. The van der Waals surface area contributed by atoms with Crippen molar-refractivity contribution in [3.8, 4) is 0 Å². The first-order valence-electron chi connectivity index (χ1n) is 11.2. The molecule has 0 aromatic heterocycles. The molecule has 29 heavy (non-hydrogen) atoms. The van der Waals surface area contributed by atoms with Crippen molar-refractivity contribution in [2.75, 3.05) is 0 Å². The summed E-state index contributed by atoms with van der Waals surface area (Å²) in [6.45, 7) is 22.1. The molecule has 5 unspecified atom stereocenters. The van der Waals surface area contributed by atoms with Crippen LogP contribution in [0.1, 0.15) is 76.5 Å². The number of nitrogens with zero attached hydrogens (tertiary/aromatic N) is 1. The van der Waals surface area contributed by atoms with Gasteiger partial charge in [-0.15, -0.1) is 0 Å². The van der Waals surface area contributed by atoms with E-state index in [1.165, 1.54) is 29.5 Å². The Balaban J connectivity index is 1.59. The molecular formula is C28H39N. The SMILES string of the molecule is C=C/C=N\C=C(/C)C(=C)CCC(C)c1ccc(CC2(C)C3CC2(C)C3C)c(C)c1. The van der Waals surface area contributed by atoms with E-state index in [9.17, 15) is 0 Å². The number of aliphatic imine (C=N–C) groups is 1. The normalized spacial score (nSPS) is 31.9. The molecule has 3 fully saturated rings. The Morgan fingerprint density at radius 3 is 2.62 bits per heavy atom. The van der Waals surface area contributed by atoms with Gasteiger partial charge in [0.2, 0.25) is 0 Å². The summed E-state index contributed by atoms with van der Waals surface area (Å²) in [5, 5.41) is 0. The maximum atomic E-state index is 4.24. The second-order valence-corrected chi connectivity index (χ2v) is 10.2. The monoisotopic (exact) mass is 389 g/mol. The Morgan fingerprint density at radius 2 is 2.07 bits per heavy atom. The van der Waals surface area contributed by atoms with E-state index in [-0.39, 0.29) is 0 Å². The Hall–Kier alpha value is -1.89. The van der Waals surface area contributed by atoms with Crippen LogP contribution in [0.2, 0.25) is 0 Å². The highest BCUT2D eigenvalue weighted by molar-refractivity contribution is 5.70. The van der Waals surface area contributed by atoms with E-state index in [4.69, 9.17) is 0 Å². The van der Waals surface area contributed by atoms with Crippen LogP contribution < -0.4 is 0 Å². The largest absolute Gasteiger partial charge is 0.264 e. The smallest absolute Gasteiger partial charge is 0.0299 e. The lowest BCUT2D eigenvalue weighted by Crippen LogP contribution is -2.74. The van der Waals surface area contributed by atoms with E-state index in [1.54, 1.807) is 17.9 Å². The van der Waals surface area contributed by atoms with Crippen molar-refractivity contribution in [3.63, 3.8) is 0 Å². The van der Waals surface area contributed by atoms with E-state index in [0.717, 1.165) is 30.3 Å². The molecule has 1 nitrogen and oxygen atoms in total. The minimum atomic E-state index is 0.514. The van der Waals surface area contributed by atoms with Crippen LogP contribution in [0, 0.1) is 29.6 Å². The fraction of sp³-hybridized carbons (Fsp3) is 0.536. The highest BCUT2D eigenvalue weighted by Gasteiger charge is 2.74. The van der Waals surface area contributed by atoms with Gasteiger partial charge in [0.1, 0.15) is 0 Å². The molecule has 0 aliphatic heterocycles. The molecule has 156 valence electrons. The molecule has 1 aromatic rings. The fourth-order valence-electron chi connectivity index (χ4n) is 5.84. The van der Waals surface area contributed by atoms with Crippen LogP contribution in [0.4, 0.5) is 0 Å². The lowest BCUT2D eigenvalue weighted by atomic mass is 9.25. The van der Waals surface area contributed by atoms with Gasteiger partial charge in [-0.2, -0.15) is 0 Å². The third-order valence-corrected chi connectivity index (χ3v) is 8.77. The van der Waals surface area contributed by atoms with E-state index in [1.807, 2.05) is 6.20 Å². The van der Waals surface area contributed by atoms with E-state index < -0.39 is 0 Å². The second-order valence-electron chi connectivity index (χ2n) is 10.2. The van der Waals surface area contributed by atoms with Gasteiger partial charge in [-0.25, -0.2) is 0 Å². The van der Waals surface area contributed by atoms with Crippen molar-refractivity contribution >= 4 is 6.21 Å². The molecule has 1 heteroatoms. The minimum absolute atomic E-state index is 0.514. The van der Waals surface area contributed by atoms with Crippen molar-refractivity contribution in [3.05, 3.63) is 71.5 Å². The number of hydrogen-bond donors (Lipinski definition) is 0. The lowest BCUT2D eigenvalue weighted by molar-refractivity contribution is -0.309. The number of rotatable bonds is 9. The van der Waals surface area contributed by atoms with Crippen LogP contribution in [0.5, 0.6) is 0 Å². The van der Waals surface area contributed by atoms with Crippen molar-refractivity contribution in [2.45, 2.75) is 73.1 Å². The fourth-order valence-corrected chi connectivity index (χ4v) is 5.84. The Morgan fingerprint density at radius 1 is 1.34 bits per heavy atom. The maximum absolute atomic E-state index is 4.24. The van der Waals surface area contributed by atoms with Gasteiger partial charge in [0, 0.05) is 12.4 Å². The molecule has 3 saturated carbocycles. The second kappa shape index (κ2) is 8.09. The van der Waals surface area contributed by atoms with Crippen LogP contribution in [-0.2, 0) is 6.42 Å². The van der Waals surface area contributed by atoms with Gasteiger partial charge in [0.25, 0.3) is 0 Å². The molecule has 4 rings (SSSR count). The zero-order valence-electron chi connectivity index (χ0n) is 19.4. The van der Waals surface area contributed by atoms with Crippen molar-refractivity contribution < 1.29 is 0 Å². The Bertz CT molecular complexity index is 857. The molecule has 3 aliphatic carbocycles. The van der Waals surface area contributed by atoms with Gasteiger partial charge in [-0.3, -0.25) is 4.99 Å². The van der Waals surface area contributed by atoms with Gasteiger partial charge < -0.3 is 0 Å². The van der Waals surface area contributed by atoms with Crippen molar-refractivity contribution in [1.82, 2.24) is 0 Å². The van der Waals surface area contributed by atoms with Gasteiger partial charge in [0.15, 0.2) is 0 Å². The quantitative estimate of drug-likeness (QED) is 0.301. The summed E-state index contributed by atoms with van der Waals surface area (Å²) in [5.74, 6) is 2.39. The molecular weight excluding hydrogens is 350 g/mol. The number of benzene rings is 1. The lowest BCUT2D eigenvalue weighted by Gasteiger charge is -2.79. The maximum Gasteiger partial charge on any atom is 0.0299 e. The number of hydrogen-bond acceptors (Lipinski definition) is 1. The topological polar surface area (TPSA) is 12.4 Å². The highest BCUT2D eigenvalue weighted by Crippen LogP contribution is 2.80.